The van der Waals surface area contributed by atoms with E-state index in [1.807, 2.05) is 0 Å². The number of carbonyl (C=O) groups excluding carboxylic acids is 1. The number of methoxy groups -OCH3 is 3. The zero-order valence-corrected chi connectivity index (χ0v) is 17.2. The van der Waals surface area contributed by atoms with Crippen molar-refractivity contribution in [2.45, 2.75) is 19.9 Å². The Bertz CT molecular complexity index is 1110. The van der Waals surface area contributed by atoms with Crippen molar-refractivity contribution in [1.82, 2.24) is 9.55 Å². The Balaban J connectivity index is 2.12. The Kier molecular flexibility index (Phi) is 6.29. The summed E-state index contributed by atoms with van der Waals surface area (Å²) in [6.07, 6.45) is -0.158. The van der Waals surface area contributed by atoms with Gasteiger partial charge >= 0.3 is 11.7 Å². The maximum atomic E-state index is 14.1. The van der Waals surface area contributed by atoms with Crippen molar-refractivity contribution < 1.29 is 28.1 Å². The molecule has 0 fully saturated rings. The number of esters is 1. The number of ether oxygens (including phenoxy) is 4. The van der Waals surface area contributed by atoms with Crippen LogP contribution in [-0.2, 0) is 22.5 Å². The normalized spacial score (nSPS) is 10.8. The fourth-order valence-corrected chi connectivity index (χ4v) is 3.42. The van der Waals surface area contributed by atoms with Gasteiger partial charge in [-0.1, -0.05) is 0 Å². The molecule has 1 heterocycles. The fourth-order valence-electron chi connectivity index (χ4n) is 3.42. The summed E-state index contributed by atoms with van der Waals surface area (Å²) in [5.41, 5.74) is 1.34. The number of nitrogens with zero attached hydrogens (tertiary/aromatic N) is 1. The van der Waals surface area contributed by atoms with Gasteiger partial charge in [0.1, 0.15) is 5.82 Å². The van der Waals surface area contributed by atoms with Crippen LogP contribution in [-0.4, -0.2) is 43.5 Å². The maximum Gasteiger partial charge on any atom is 0.326 e. The SMILES string of the molecule is CCOC(=O)Cc1cc(F)cc2[nH]c(=O)n(Cc3cc(OC)c(OC)c(OC)c3)c12. The van der Waals surface area contributed by atoms with Crippen molar-refractivity contribution in [3.63, 3.8) is 0 Å². The number of nitrogens with one attached hydrogen (secondary N) is 1. The molecule has 0 atom stereocenters. The lowest BCUT2D eigenvalue weighted by molar-refractivity contribution is -0.142. The first-order valence-corrected chi connectivity index (χ1v) is 9.27. The summed E-state index contributed by atoms with van der Waals surface area (Å²) in [4.78, 5) is 27.3. The van der Waals surface area contributed by atoms with E-state index in [-0.39, 0.29) is 19.6 Å². The van der Waals surface area contributed by atoms with E-state index in [9.17, 15) is 14.0 Å². The smallest absolute Gasteiger partial charge is 0.326 e. The van der Waals surface area contributed by atoms with Gasteiger partial charge in [-0.15, -0.1) is 0 Å². The molecular formula is C21H23FN2O6. The van der Waals surface area contributed by atoms with Crippen LogP contribution in [0.1, 0.15) is 18.1 Å². The Labute approximate surface area is 172 Å². The molecule has 0 spiro atoms. The number of aromatic nitrogens is 2. The maximum absolute atomic E-state index is 14.1. The molecule has 8 nitrogen and oxygen atoms in total. The Morgan fingerprint density at radius 3 is 2.30 bits per heavy atom. The molecule has 30 heavy (non-hydrogen) atoms. The van der Waals surface area contributed by atoms with E-state index in [4.69, 9.17) is 18.9 Å². The summed E-state index contributed by atoms with van der Waals surface area (Å²) in [5, 5.41) is 0. The van der Waals surface area contributed by atoms with Crippen LogP contribution in [0.2, 0.25) is 0 Å². The number of hydrogen-bond acceptors (Lipinski definition) is 6. The Morgan fingerprint density at radius 2 is 1.73 bits per heavy atom. The third kappa shape index (κ3) is 4.10. The minimum atomic E-state index is -0.553. The van der Waals surface area contributed by atoms with Crippen LogP contribution in [0.25, 0.3) is 11.0 Å². The van der Waals surface area contributed by atoms with E-state index in [1.165, 1.54) is 38.0 Å². The Morgan fingerprint density at radius 1 is 1.07 bits per heavy atom. The first kappa shape index (κ1) is 21.2. The molecule has 0 saturated heterocycles. The van der Waals surface area contributed by atoms with Crippen molar-refractivity contribution in [2.75, 3.05) is 27.9 Å². The number of carbonyl (C=O) groups is 1. The zero-order chi connectivity index (χ0) is 21.8. The molecule has 0 unspecified atom stereocenters. The highest BCUT2D eigenvalue weighted by atomic mass is 19.1. The monoisotopic (exact) mass is 418 g/mol. The lowest BCUT2D eigenvalue weighted by Gasteiger charge is -2.15. The van der Waals surface area contributed by atoms with Crippen molar-refractivity contribution in [1.29, 1.82) is 0 Å². The molecular weight excluding hydrogens is 395 g/mol. The number of imidazole rings is 1. The summed E-state index contributed by atoms with van der Waals surface area (Å²) >= 11 is 0. The van der Waals surface area contributed by atoms with Crippen molar-refractivity contribution >= 4 is 17.0 Å². The number of H-pyrrole nitrogens is 1. The molecule has 0 radical (unpaired) electrons. The van der Waals surface area contributed by atoms with Gasteiger partial charge in [0.2, 0.25) is 5.75 Å². The third-order valence-electron chi connectivity index (χ3n) is 4.62. The second-order valence-corrected chi connectivity index (χ2v) is 6.49. The molecule has 0 bridgehead atoms. The highest BCUT2D eigenvalue weighted by Crippen LogP contribution is 2.38. The van der Waals surface area contributed by atoms with Crippen molar-refractivity contribution in [3.05, 3.63) is 51.7 Å². The second-order valence-electron chi connectivity index (χ2n) is 6.49. The van der Waals surface area contributed by atoms with Gasteiger partial charge in [0.15, 0.2) is 11.5 Å². The highest BCUT2D eigenvalue weighted by molar-refractivity contribution is 5.84. The average molecular weight is 418 g/mol. The van der Waals surface area contributed by atoms with Crippen LogP contribution < -0.4 is 19.9 Å². The summed E-state index contributed by atoms with van der Waals surface area (Å²) in [6, 6.07) is 5.90. The molecule has 0 amide bonds. The van der Waals surface area contributed by atoms with E-state index < -0.39 is 17.5 Å². The summed E-state index contributed by atoms with van der Waals surface area (Å²) in [5.74, 6) is 0.260. The first-order chi connectivity index (χ1) is 14.4. The van der Waals surface area contributed by atoms with Gasteiger partial charge in [0.05, 0.1) is 51.9 Å². The van der Waals surface area contributed by atoms with E-state index >= 15 is 0 Å². The van der Waals surface area contributed by atoms with E-state index in [0.717, 1.165) is 0 Å². The topological polar surface area (TPSA) is 91.8 Å². The molecule has 1 N–H and O–H groups in total. The van der Waals surface area contributed by atoms with E-state index in [0.29, 0.717) is 39.4 Å². The van der Waals surface area contributed by atoms with Gasteiger partial charge in [-0.05, 0) is 42.3 Å². The minimum absolute atomic E-state index is 0.136. The fraction of sp³-hybridized carbons (Fsp3) is 0.333. The predicted octanol–water partition coefficient (Wildman–Crippen LogP) is 2.65. The Hall–Kier alpha value is -3.49. The average Bonchev–Trinajstić information content (AvgIpc) is 3.02. The predicted molar refractivity (Wildman–Crippen MR) is 108 cm³/mol. The van der Waals surface area contributed by atoms with Gasteiger partial charge in [0.25, 0.3) is 0 Å². The first-order valence-electron chi connectivity index (χ1n) is 9.27. The van der Waals surface area contributed by atoms with Crippen LogP contribution in [0.15, 0.2) is 29.1 Å². The van der Waals surface area contributed by atoms with Gasteiger partial charge in [-0.2, -0.15) is 0 Å². The summed E-state index contributed by atoms with van der Waals surface area (Å²) < 4.78 is 36.5. The lowest BCUT2D eigenvalue weighted by Crippen LogP contribution is -2.18. The number of rotatable bonds is 8. The number of hydrogen-bond donors (Lipinski definition) is 1. The number of halogens is 1. The molecule has 0 saturated carbocycles. The zero-order valence-electron chi connectivity index (χ0n) is 17.2. The quantitative estimate of drug-likeness (QED) is 0.566. The van der Waals surface area contributed by atoms with Gasteiger partial charge < -0.3 is 23.9 Å². The molecule has 3 rings (SSSR count). The molecule has 3 aromatic rings. The van der Waals surface area contributed by atoms with E-state index in [1.54, 1.807) is 19.1 Å². The number of aromatic amines is 1. The number of benzene rings is 2. The second kappa shape index (κ2) is 8.89. The van der Waals surface area contributed by atoms with Gasteiger partial charge in [0, 0.05) is 0 Å². The van der Waals surface area contributed by atoms with Crippen LogP contribution in [0.4, 0.5) is 4.39 Å². The van der Waals surface area contributed by atoms with Crippen LogP contribution in [0.5, 0.6) is 17.2 Å². The van der Waals surface area contributed by atoms with E-state index in [2.05, 4.69) is 4.98 Å². The van der Waals surface area contributed by atoms with Crippen molar-refractivity contribution in [2.24, 2.45) is 0 Å². The largest absolute Gasteiger partial charge is 0.493 e. The molecule has 160 valence electrons. The minimum Gasteiger partial charge on any atom is -0.493 e. The summed E-state index contributed by atoms with van der Waals surface area (Å²) in [7, 11) is 4.50. The molecule has 1 aromatic heterocycles. The third-order valence-corrected chi connectivity index (χ3v) is 4.62. The van der Waals surface area contributed by atoms with Gasteiger partial charge in [-0.25, -0.2) is 9.18 Å². The van der Waals surface area contributed by atoms with Gasteiger partial charge in [-0.3, -0.25) is 9.36 Å². The molecule has 2 aromatic carbocycles. The van der Waals surface area contributed by atoms with Crippen LogP contribution in [0, 0.1) is 5.82 Å². The van der Waals surface area contributed by atoms with Crippen molar-refractivity contribution in [3.8, 4) is 17.2 Å². The molecule has 9 heteroatoms. The summed E-state index contributed by atoms with van der Waals surface area (Å²) in [6.45, 7) is 2.04. The standard InChI is InChI=1S/C21H23FN2O6/c1-5-30-18(25)9-13-8-14(22)10-15-19(13)24(21(26)23-15)11-12-6-16(27-2)20(29-4)17(7-12)28-3/h6-8,10H,5,9,11H2,1-4H3,(H,23,26). The molecule has 0 aliphatic carbocycles. The highest BCUT2D eigenvalue weighted by Gasteiger charge is 2.18. The lowest BCUT2D eigenvalue weighted by atomic mass is 10.1. The molecule has 0 aliphatic heterocycles. The number of fused-ring (bicyclic) bond motifs is 1. The van der Waals surface area contributed by atoms with Crippen LogP contribution in [0.3, 0.4) is 0 Å². The molecule has 0 aliphatic rings. The van der Waals surface area contributed by atoms with Crippen LogP contribution >= 0.6 is 0 Å².